The van der Waals surface area contributed by atoms with Crippen molar-refractivity contribution in [3.8, 4) is 34.5 Å². The molecule has 0 atom stereocenters. The van der Waals surface area contributed by atoms with Crippen molar-refractivity contribution >= 4 is 17.4 Å². The first-order valence-corrected chi connectivity index (χ1v) is 12.6. The number of rotatable bonds is 10. The summed E-state index contributed by atoms with van der Waals surface area (Å²) < 4.78 is 50.9. The predicted octanol–water partition coefficient (Wildman–Crippen LogP) is 7.14. The number of benzene rings is 2. The van der Waals surface area contributed by atoms with Gasteiger partial charge in [0.15, 0.2) is 11.6 Å². The summed E-state index contributed by atoms with van der Waals surface area (Å²) in [6.07, 6.45) is -2.44. The zero-order chi connectivity index (χ0) is 27.7. The molecule has 0 spiro atoms. The number of nitrogens with zero attached hydrogens (tertiary/aromatic N) is 3. The first-order chi connectivity index (χ1) is 17.8. The zero-order valence-corrected chi connectivity index (χ0v) is 22.4. The van der Waals surface area contributed by atoms with Crippen molar-refractivity contribution in [2.45, 2.75) is 52.6 Å². The number of hydrogen-bond acceptors (Lipinski definition) is 6. The summed E-state index contributed by atoms with van der Waals surface area (Å²) in [4.78, 5) is 25.6. The Morgan fingerprint density at radius 1 is 1.03 bits per heavy atom. The molecule has 1 aromatic heterocycles. The van der Waals surface area contributed by atoms with Crippen LogP contribution in [0.15, 0.2) is 42.5 Å². The van der Waals surface area contributed by atoms with Crippen LogP contribution in [0.25, 0.3) is 22.8 Å². The number of ketones is 1. The van der Waals surface area contributed by atoms with Gasteiger partial charge in [0.2, 0.25) is 0 Å². The molecule has 0 bridgehead atoms. The molecule has 1 saturated carbocycles. The van der Waals surface area contributed by atoms with Gasteiger partial charge in [-0.3, -0.25) is 4.79 Å². The molecule has 1 heterocycles. The summed E-state index contributed by atoms with van der Waals surface area (Å²) in [6.45, 7) is 4.66. The Labute approximate surface area is 224 Å². The number of carbonyl (C=O) groups is 1. The van der Waals surface area contributed by atoms with E-state index >= 15 is 0 Å². The van der Waals surface area contributed by atoms with Crippen molar-refractivity contribution in [3.05, 3.63) is 53.1 Å². The van der Waals surface area contributed by atoms with E-state index in [0.717, 1.165) is 19.6 Å². The van der Waals surface area contributed by atoms with Crippen molar-refractivity contribution in [2.24, 2.45) is 10.8 Å². The molecule has 0 unspecified atom stereocenters. The molecule has 10 heteroatoms. The Morgan fingerprint density at radius 2 is 1.68 bits per heavy atom. The molecule has 4 rings (SSSR count). The third kappa shape index (κ3) is 6.26. The standard InChI is InChI=1S/C28H29ClF3N3O3/c1-26(2,28(30,31)32)22(36)12-6-17-5-11-21(29)20(15-17)24-33-23(34-25(35-24)37-4)18-7-9-19(10-8-18)38-16-27(3)13-14-27/h5,7-11,15H,6,12-14,16H2,1-4H3. The molecule has 0 radical (unpaired) electrons. The van der Waals surface area contributed by atoms with E-state index in [9.17, 15) is 18.0 Å². The van der Waals surface area contributed by atoms with E-state index in [2.05, 4.69) is 21.9 Å². The molecule has 0 aliphatic heterocycles. The van der Waals surface area contributed by atoms with E-state index in [0.29, 0.717) is 34.1 Å². The Morgan fingerprint density at radius 3 is 2.29 bits per heavy atom. The summed E-state index contributed by atoms with van der Waals surface area (Å²) in [6, 6.07) is 12.4. The van der Waals surface area contributed by atoms with Crippen LogP contribution in [0.2, 0.25) is 5.02 Å². The van der Waals surface area contributed by atoms with Gasteiger partial charge in [0.1, 0.15) is 16.9 Å². The van der Waals surface area contributed by atoms with Crippen LogP contribution in [-0.2, 0) is 11.2 Å². The SMILES string of the molecule is COc1nc(-c2ccc(OCC3(C)CC3)cc2)nc(-c2cc(CCC(=O)C(C)(C)C(F)(F)F)ccc2Cl)n1. The molecule has 1 fully saturated rings. The summed E-state index contributed by atoms with van der Waals surface area (Å²) in [5.41, 5.74) is -0.363. The number of ether oxygens (including phenoxy) is 2. The Kier molecular flexibility index (Phi) is 7.70. The molecule has 2 aromatic carbocycles. The molecule has 3 aromatic rings. The minimum absolute atomic E-state index is 0.0792. The van der Waals surface area contributed by atoms with Crippen LogP contribution >= 0.6 is 11.6 Å². The van der Waals surface area contributed by atoms with Gasteiger partial charge in [-0.05, 0) is 75.1 Å². The molecule has 202 valence electrons. The van der Waals surface area contributed by atoms with E-state index in [4.69, 9.17) is 21.1 Å². The Bertz CT molecular complexity index is 1320. The normalized spacial score (nSPS) is 14.7. The molecule has 0 saturated heterocycles. The van der Waals surface area contributed by atoms with Crippen LogP contribution in [-0.4, -0.2) is 40.6 Å². The minimum Gasteiger partial charge on any atom is -0.493 e. The van der Waals surface area contributed by atoms with Crippen LogP contribution < -0.4 is 9.47 Å². The third-order valence-corrected chi connectivity index (χ3v) is 7.25. The monoisotopic (exact) mass is 547 g/mol. The van der Waals surface area contributed by atoms with Gasteiger partial charge < -0.3 is 9.47 Å². The maximum absolute atomic E-state index is 13.2. The summed E-state index contributed by atoms with van der Waals surface area (Å²) in [5, 5.41) is 0.340. The van der Waals surface area contributed by atoms with Crippen molar-refractivity contribution in [2.75, 3.05) is 13.7 Å². The molecule has 1 aliphatic carbocycles. The number of Topliss-reactive ketones (excluding diaryl/α,β-unsaturated/α-hetero) is 1. The highest BCUT2D eigenvalue weighted by Gasteiger charge is 2.51. The second-order valence-corrected chi connectivity index (χ2v) is 10.9. The quantitative estimate of drug-likeness (QED) is 0.269. The average Bonchev–Trinajstić information content (AvgIpc) is 3.63. The topological polar surface area (TPSA) is 74.2 Å². The van der Waals surface area contributed by atoms with Crippen LogP contribution in [0, 0.1) is 10.8 Å². The minimum atomic E-state index is -4.62. The van der Waals surface area contributed by atoms with Crippen LogP contribution in [0.5, 0.6) is 11.8 Å². The molecule has 6 nitrogen and oxygen atoms in total. The van der Waals surface area contributed by atoms with Crippen molar-refractivity contribution in [1.29, 1.82) is 0 Å². The molecule has 0 N–H and O–H groups in total. The fourth-order valence-corrected chi connectivity index (χ4v) is 3.84. The number of methoxy groups -OCH3 is 1. The molecular formula is C28H29ClF3N3O3. The number of halogens is 4. The molecule has 0 amide bonds. The third-order valence-electron chi connectivity index (χ3n) is 6.92. The lowest BCUT2D eigenvalue weighted by Gasteiger charge is -2.26. The Hall–Kier alpha value is -3.20. The molecule has 1 aliphatic rings. The maximum atomic E-state index is 13.2. The fourth-order valence-electron chi connectivity index (χ4n) is 3.64. The lowest BCUT2D eigenvalue weighted by molar-refractivity contribution is -0.210. The predicted molar refractivity (Wildman–Crippen MR) is 138 cm³/mol. The fraction of sp³-hybridized carbons (Fsp3) is 0.429. The lowest BCUT2D eigenvalue weighted by atomic mass is 9.84. The smallest absolute Gasteiger partial charge is 0.400 e. The summed E-state index contributed by atoms with van der Waals surface area (Å²) in [7, 11) is 1.43. The average molecular weight is 548 g/mol. The van der Waals surface area contributed by atoms with Gasteiger partial charge in [0.05, 0.1) is 18.7 Å². The van der Waals surface area contributed by atoms with Gasteiger partial charge in [0, 0.05) is 23.0 Å². The number of alkyl halides is 3. The lowest BCUT2D eigenvalue weighted by Crippen LogP contribution is -2.39. The van der Waals surface area contributed by atoms with E-state index in [1.54, 1.807) is 18.2 Å². The molecule has 38 heavy (non-hydrogen) atoms. The first kappa shape index (κ1) is 27.8. The van der Waals surface area contributed by atoms with E-state index in [-0.39, 0.29) is 30.1 Å². The largest absolute Gasteiger partial charge is 0.493 e. The zero-order valence-electron chi connectivity index (χ0n) is 21.7. The van der Waals surface area contributed by atoms with Crippen molar-refractivity contribution < 1.29 is 27.4 Å². The summed E-state index contributed by atoms with van der Waals surface area (Å²) >= 11 is 6.44. The van der Waals surface area contributed by atoms with Crippen molar-refractivity contribution in [1.82, 2.24) is 15.0 Å². The summed E-state index contributed by atoms with van der Waals surface area (Å²) in [5.74, 6) is 0.463. The highest BCUT2D eigenvalue weighted by atomic mass is 35.5. The number of aryl methyl sites for hydroxylation is 1. The van der Waals surface area contributed by atoms with Gasteiger partial charge in [-0.2, -0.15) is 23.1 Å². The van der Waals surface area contributed by atoms with Gasteiger partial charge in [-0.1, -0.05) is 24.6 Å². The van der Waals surface area contributed by atoms with Gasteiger partial charge >= 0.3 is 12.2 Å². The van der Waals surface area contributed by atoms with E-state index in [1.165, 1.54) is 20.0 Å². The van der Waals surface area contributed by atoms with Crippen LogP contribution in [0.3, 0.4) is 0 Å². The van der Waals surface area contributed by atoms with E-state index < -0.39 is 17.4 Å². The second-order valence-electron chi connectivity index (χ2n) is 10.5. The van der Waals surface area contributed by atoms with Crippen LogP contribution in [0.4, 0.5) is 13.2 Å². The highest BCUT2D eigenvalue weighted by Crippen LogP contribution is 2.45. The number of carbonyl (C=O) groups excluding carboxylic acids is 1. The Balaban J connectivity index is 1.56. The number of hydrogen-bond donors (Lipinski definition) is 0. The number of aromatic nitrogens is 3. The van der Waals surface area contributed by atoms with Gasteiger partial charge in [-0.15, -0.1) is 0 Å². The molecular weight excluding hydrogens is 519 g/mol. The van der Waals surface area contributed by atoms with Crippen LogP contribution in [0.1, 0.15) is 45.6 Å². The van der Waals surface area contributed by atoms with Gasteiger partial charge in [-0.25, -0.2) is 4.98 Å². The van der Waals surface area contributed by atoms with Crippen molar-refractivity contribution in [3.63, 3.8) is 0 Å². The maximum Gasteiger partial charge on any atom is 0.400 e. The first-order valence-electron chi connectivity index (χ1n) is 12.2. The highest BCUT2D eigenvalue weighted by molar-refractivity contribution is 6.33. The van der Waals surface area contributed by atoms with Gasteiger partial charge in [0.25, 0.3) is 0 Å². The second kappa shape index (κ2) is 10.5. The van der Waals surface area contributed by atoms with E-state index in [1.807, 2.05) is 24.3 Å².